The van der Waals surface area contributed by atoms with Gasteiger partial charge in [-0.2, -0.15) is 0 Å². The Bertz CT molecular complexity index is 192. The SMILES string of the molecule is CCOC(=O)C1CNCC1C(F)F.Cl. The molecule has 2 atom stereocenters. The van der Waals surface area contributed by atoms with E-state index in [0.29, 0.717) is 6.54 Å². The van der Waals surface area contributed by atoms with Gasteiger partial charge in [-0.25, -0.2) is 8.78 Å². The minimum absolute atomic E-state index is 0. The highest BCUT2D eigenvalue weighted by molar-refractivity contribution is 5.85. The van der Waals surface area contributed by atoms with Crippen molar-refractivity contribution < 1.29 is 18.3 Å². The molecule has 2 unspecified atom stereocenters. The number of carbonyl (C=O) groups is 1. The van der Waals surface area contributed by atoms with E-state index < -0.39 is 24.2 Å². The summed E-state index contributed by atoms with van der Waals surface area (Å²) < 4.78 is 29.4. The lowest BCUT2D eigenvalue weighted by atomic mass is 9.97. The van der Waals surface area contributed by atoms with Crippen molar-refractivity contribution in [3.05, 3.63) is 0 Å². The highest BCUT2D eigenvalue weighted by Crippen LogP contribution is 2.24. The molecule has 0 amide bonds. The lowest BCUT2D eigenvalue weighted by Crippen LogP contribution is -2.29. The number of hydrogen-bond donors (Lipinski definition) is 1. The van der Waals surface area contributed by atoms with Gasteiger partial charge in [0, 0.05) is 19.0 Å². The summed E-state index contributed by atoms with van der Waals surface area (Å²) in [7, 11) is 0. The first-order valence-electron chi connectivity index (χ1n) is 4.32. The third kappa shape index (κ3) is 3.06. The third-order valence-corrected chi connectivity index (χ3v) is 2.17. The van der Waals surface area contributed by atoms with E-state index in [0.717, 1.165) is 0 Å². The van der Waals surface area contributed by atoms with Gasteiger partial charge >= 0.3 is 5.97 Å². The number of hydrogen-bond acceptors (Lipinski definition) is 3. The first kappa shape index (κ1) is 13.6. The maximum absolute atomic E-state index is 12.3. The van der Waals surface area contributed by atoms with Gasteiger partial charge in [-0.3, -0.25) is 4.79 Å². The van der Waals surface area contributed by atoms with Gasteiger partial charge in [0.25, 0.3) is 0 Å². The maximum atomic E-state index is 12.3. The number of carbonyl (C=O) groups excluding carboxylic acids is 1. The molecule has 1 heterocycles. The number of nitrogens with one attached hydrogen (secondary N) is 1. The molecule has 0 bridgehead atoms. The molecule has 0 saturated carbocycles. The molecule has 1 aliphatic rings. The quantitative estimate of drug-likeness (QED) is 0.736. The fourth-order valence-electron chi connectivity index (χ4n) is 1.47. The molecule has 1 rings (SSSR count). The van der Waals surface area contributed by atoms with Crippen molar-refractivity contribution in [1.29, 1.82) is 0 Å². The van der Waals surface area contributed by atoms with Gasteiger partial charge in [0.15, 0.2) is 0 Å². The summed E-state index contributed by atoms with van der Waals surface area (Å²) in [4.78, 5) is 11.2. The predicted molar refractivity (Wildman–Crippen MR) is 49.7 cm³/mol. The van der Waals surface area contributed by atoms with Gasteiger partial charge in [-0.05, 0) is 6.92 Å². The van der Waals surface area contributed by atoms with E-state index in [1.54, 1.807) is 6.92 Å². The zero-order valence-corrected chi connectivity index (χ0v) is 8.65. The molecule has 84 valence electrons. The molecule has 1 aliphatic heterocycles. The van der Waals surface area contributed by atoms with Gasteiger partial charge in [0.1, 0.15) is 0 Å². The molecule has 1 N–H and O–H groups in total. The summed E-state index contributed by atoms with van der Waals surface area (Å²) >= 11 is 0. The van der Waals surface area contributed by atoms with Crippen LogP contribution in [0.25, 0.3) is 0 Å². The molecule has 14 heavy (non-hydrogen) atoms. The van der Waals surface area contributed by atoms with E-state index in [-0.39, 0.29) is 25.6 Å². The van der Waals surface area contributed by atoms with E-state index in [1.165, 1.54) is 0 Å². The van der Waals surface area contributed by atoms with E-state index in [2.05, 4.69) is 5.32 Å². The monoisotopic (exact) mass is 229 g/mol. The number of rotatable bonds is 3. The van der Waals surface area contributed by atoms with Crippen molar-refractivity contribution in [2.24, 2.45) is 11.8 Å². The van der Waals surface area contributed by atoms with Crippen molar-refractivity contribution in [1.82, 2.24) is 5.32 Å². The number of alkyl halides is 2. The molecular formula is C8H14ClF2NO2. The largest absolute Gasteiger partial charge is 0.466 e. The van der Waals surface area contributed by atoms with Gasteiger partial charge in [0.05, 0.1) is 12.5 Å². The Labute approximate surface area is 87.6 Å². The van der Waals surface area contributed by atoms with Crippen LogP contribution in [0.4, 0.5) is 8.78 Å². The smallest absolute Gasteiger partial charge is 0.310 e. The summed E-state index contributed by atoms with van der Waals surface area (Å²) in [6.45, 7) is 2.40. The molecular weight excluding hydrogens is 216 g/mol. The summed E-state index contributed by atoms with van der Waals surface area (Å²) in [5.74, 6) is -2.09. The Morgan fingerprint density at radius 3 is 2.71 bits per heavy atom. The van der Waals surface area contributed by atoms with Crippen molar-refractivity contribution in [2.45, 2.75) is 13.3 Å². The Morgan fingerprint density at radius 1 is 1.57 bits per heavy atom. The molecule has 0 aliphatic carbocycles. The summed E-state index contributed by atoms with van der Waals surface area (Å²) in [5, 5.41) is 2.76. The van der Waals surface area contributed by atoms with Crippen LogP contribution in [-0.4, -0.2) is 32.1 Å². The summed E-state index contributed by atoms with van der Waals surface area (Å²) in [6.07, 6.45) is -2.45. The van der Waals surface area contributed by atoms with Crippen LogP contribution in [0.3, 0.4) is 0 Å². The second-order valence-corrected chi connectivity index (χ2v) is 3.02. The van der Waals surface area contributed by atoms with Crippen LogP contribution in [0.1, 0.15) is 6.92 Å². The van der Waals surface area contributed by atoms with Crippen LogP contribution >= 0.6 is 12.4 Å². The molecule has 0 radical (unpaired) electrons. The second kappa shape index (κ2) is 6.14. The Kier molecular flexibility index (Phi) is 5.95. The maximum Gasteiger partial charge on any atom is 0.310 e. The van der Waals surface area contributed by atoms with Gasteiger partial charge in [-0.15, -0.1) is 12.4 Å². The fraction of sp³-hybridized carbons (Fsp3) is 0.875. The lowest BCUT2D eigenvalue weighted by Gasteiger charge is -2.15. The first-order chi connectivity index (χ1) is 6.16. The van der Waals surface area contributed by atoms with Crippen LogP contribution in [0.2, 0.25) is 0 Å². The normalized spacial score (nSPS) is 26.0. The van der Waals surface area contributed by atoms with Crippen molar-refractivity contribution in [3.63, 3.8) is 0 Å². The Morgan fingerprint density at radius 2 is 2.21 bits per heavy atom. The zero-order chi connectivity index (χ0) is 9.84. The van der Waals surface area contributed by atoms with Crippen LogP contribution in [0.5, 0.6) is 0 Å². The second-order valence-electron chi connectivity index (χ2n) is 3.02. The fourth-order valence-corrected chi connectivity index (χ4v) is 1.47. The lowest BCUT2D eigenvalue weighted by molar-refractivity contribution is -0.150. The van der Waals surface area contributed by atoms with Crippen LogP contribution in [-0.2, 0) is 9.53 Å². The van der Waals surface area contributed by atoms with Crippen LogP contribution in [0.15, 0.2) is 0 Å². The molecule has 0 spiro atoms. The number of esters is 1. The summed E-state index contributed by atoms with van der Waals surface area (Å²) in [5.41, 5.74) is 0. The van der Waals surface area contributed by atoms with Gasteiger partial charge in [-0.1, -0.05) is 0 Å². The highest BCUT2D eigenvalue weighted by atomic mass is 35.5. The van der Waals surface area contributed by atoms with Crippen LogP contribution in [0, 0.1) is 11.8 Å². The molecule has 0 aromatic rings. The predicted octanol–water partition coefficient (Wildman–Crippen LogP) is 1.07. The van der Waals surface area contributed by atoms with Gasteiger partial charge < -0.3 is 10.1 Å². The van der Waals surface area contributed by atoms with E-state index in [1.807, 2.05) is 0 Å². The molecule has 1 fully saturated rings. The molecule has 0 aromatic carbocycles. The molecule has 0 aromatic heterocycles. The molecule has 1 saturated heterocycles. The topological polar surface area (TPSA) is 38.3 Å². The van der Waals surface area contributed by atoms with E-state index in [4.69, 9.17) is 4.74 Å². The van der Waals surface area contributed by atoms with E-state index in [9.17, 15) is 13.6 Å². The molecule has 6 heteroatoms. The minimum atomic E-state index is -2.45. The average molecular weight is 230 g/mol. The first-order valence-corrected chi connectivity index (χ1v) is 4.32. The van der Waals surface area contributed by atoms with E-state index >= 15 is 0 Å². The number of ether oxygens (including phenoxy) is 1. The Hall–Kier alpha value is -0.420. The van der Waals surface area contributed by atoms with Crippen molar-refractivity contribution in [2.75, 3.05) is 19.7 Å². The summed E-state index contributed by atoms with van der Waals surface area (Å²) in [6, 6.07) is 0. The highest BCUT2D eigenvalue weighted by Gasteiger charge is 2.39. The molecule has 3 nitrogen and oxygen atoms in total. The van der Waals surface area contributed by atoms with Crippen LogP contribution < -0.4 is 5.32 Å². The van der Waals surface area contributed by atoms with Gasteiger partial charge in [0.2, 0.25) is 6.43 Å². The average Bonchev–Trinajstić information content (AvgIpc) is 2.52. The Balaban J connectivity index is 0.00000169. The standard InChI is InChI=1S/C8H13F2NO2.ClH/c1-2-13-8(12)6-4-11-3-5(6)7(9)10;/h5-7,11H,2-4H2,1H3;1H. The van der Waals surface area contributed by atoms with Crippen molar-refractivity contribution in [3.8, 4) is 0 Å². The third-order valence-electron chi connectivity index (χ3n) is 2.17. The van der Waals surface area contributed by atoms with Crippen molar-refractivity contribution >= 4 is 18.4 Å². The zero-order valence-electron chi connectivity index (χ0n) is 7.83. The number of halogens is 3. The minimum Gasteiger partial charge on any atom is -0.466 e.